The summed E-state index contributed by atoms with van der Waals surface area (Å²) >= 11 is 0. The summed E-state index contributed by atoms with van der Waals surface area (Å²) in [4.78, 5) is 6.36. The molecule has 0 bridgehead atoms. The van der Waals surface area contributed by atoms with E-state index in [1.54, 1.807) is 7.11 Å². The van der Waals surface area contributed by atoms with Crippen molar-refractivity contribution >= 4 is 6.21 Å². The Morgan fingerprint density at radius 1 is 1.73 bits per heavy atom. The summed E-state index contributed by atoms with van der Waals surface area (Å²) in [6, 6.07) is 0. The lowest BCUT2D eigenvalue weighted by Crippen LogP contribution is -2.12. The second-order valence-electron chi connectivity index (χ2n) is 2.63. The van der Waals surface area contributed by atoms with Gasteiger partial charge in [-0.1, -0.05) is 0 Å². The predicted octanol–water partition coefficient (Wildman–Crippen LogP) is 0.881. The number of methoxy groups -OCH3 is 1. The fourth-order valence-corrected chi connectivity index (χ4v) is 1.02. The highest BCUT2D eigenvalue weighted by atomic mass is 16.5. The van der Waals surface area contributed by atoms with Crippen molar-refractivity contribution in [3.05, 3.63) is 11.9 Å². The molecular weight excluding hydrogens is 140 g/mol. The number of rotatable bonds is 2. The largest absolute Gasteiger partial charge is 0.379 e. The third kappa shape index (κ3) is 2.72. The molecule has 1 heterocycles. The predicted molar refractivity (Wildman–Crippen MR) is 45.7 cm³/mol. The van der Waals surface area contributed by atoms with Crippen molar-refractivity contribution in [2.45, 2.75) is 6.42 Å². The zero-order valence-electron chi connectivity index (χ0n) is 7.08. The van der Waals surface area contributed by atoms with Crippen molar-refractivity contribution in [1.29, 1.82) is 0 Å². The Balaban J connectivity index is 2.56. The molecular formula is C8H14N2O. The van der Waals surface area contributed by atoms with Gasteiger partial charge in [0.2, 0.25) is 0 Å². The molecule has 0 aromatic rings. The van der Waals surface area contributed by atoms with Crippen LogP contribution in [0.2, 0.25) is 0 Å². The van der Waals surface area contributed by atoms with Crippen molar-refractivity contribution in [3.8, 4) is 0 Å². The Hall–Kier alpha value is -0.830. The van der Waals surface area contributed by atoms with Crippen molar-refractivity contribution in [1.82, 2.24) is 4.90 Å². The lowest BCUT2D eigenvalue weighted by Gasteiger charge is -2.10. The molecule has 0 fully saturated rings. The average Bonchev–Trinajstić information content (AvgIpc) is 2.15. The molecule has 0 unspecified atom stereocenters. The summed E-state index contributed by atoms with van der Waals surface area (Å²) < 4.78 is 4.98. The fraction of sp³-hybridized carbons (Fsp3) is 0.625. The van der Waals surface area contributed by atoms with Crippen LogP contribution in [-0.2, 0) is 4.74 Å². The van der Waals surface area contributed by atoms with Crippen LogP contribution in [0.25, 0.3) is 0 Å². The van der Waals surface area contributed by atoms with Gasteiger partial charge in [0.25, 0.3) is 0 Å². The number of hydrogen-bond donors (Lipinski definition) is 0. The van der Waals surface area contributed by atoms with Crippen LogP contribution >= 0.6 is 0 Å². The first-order valence-electron chi connectivity index (χ1n) is 3.75. The van der Waals surface area contributed by atoms with Gasteiger partial charge in [-0.2, -0.15) is 0 Å². The Morgan fingerprint density at radius 3 is 3.27 bits per heavy atom. The van der Waals surface area contributed by atoms with E-state index < -0.39 is 0 Å². The lowest BCUT2D eigenvalue weighted by molar-refractivity contribution is 0.223. The first kappa shape index (κ1) is 8.27. The minimum absolute atomic E-state index is 0.598. The number of hydrogen-bond acceptors (Lipinski definition) is 3. The topological polar surface area (TPSA) is 24.8 Å². The van der Waals surface area contributed by atoms with Gasteiger partial charge < -0.3 is 9.64 Å². The van der Waals surface area contributed by atoms with Gasteiger partial charge in [0.15, 0.2) is 0 Å². The number of ether oxygens (including phenoxy) is 1. The maximum absolute atomic E-state index is 4.98. The van der Waals surface area contributed by atoms with Gasteiger partial charge in [0, 0.05) is 39.5 Å². The number of nitrogens with zero attached hydrogens (tertiary/aromatic N) is 2. The molecule has 0 aromatic carbocycles. The van der Waals surface area contributed by atoms with Crippen LogP contribution in [0.1, 0.15) is 6.42 Å². The molecule has 0 aliphatic carbocycles. The van der Waals surface area contributed by atoms with Crippen LogP contribution in [-0.4, -0.2) is 38.4 Å². The summed E-state index contributed by atoms with van der Waals surface area (Å²) in [5, 5.41) is 0. The highest BCUT2D eigenvalue weighted by molar-refractivity contribution is 5.59. The molecule has 0 aromatic heterocycles. The van der Waals surface area contributed by atoms with Gasteiger partial charge >= 0.3 is 0 Å². The maximum atomic E-state index is 4.98. The fourth-order valence-electron chi connectivity index (χ4n) is 1.02. The zero-order valence-corrected chi connectivity index (χ0v) is 7.08. The van der Waals surface area contributed by atoms with E-state index in [2.05, 4.69) is 9.89 Å². The molecule has 3 heteroatoms. The second kappa shape index (κ2) is 4.13. The molecule has 0 radical (unpaired) electrons. The van der Waals surface area contributed by atoms with Gasteiger partial charge in [-0.05, 0) is 0 Å². The molecule has 62 valence electrons. The quantitative estimate of drug-likeness (QED) is 0.590. The van der Waals surface area contributed by atoms with E-state index in [-0.39, 0.29) is 0 Å². The summed E-state index contributed by atoms with van der Waals surface area (Å²) in [5.41, 5.74) is 0.993. The normalized spacial score (nSPS) is 18.0. The molecule has 0 saturated heterocycles. The highest BCUT2D eigenvalue weighted by Crippen LogP contribution is 2.03. The highest BCUT2D eigenvalue weighted by Gasteiger charge is 1.99. The van der Waals surface area contributed by atoms with E-state index >= 15 is 0 Å². The van der Waals surface area contributed by atoms with Crippen LogP contribution in [0.5, 0.6) is 0 Å². The van der Waals surface area contributed by atoms with E-state index in [0.29, 0.717) is 6.61 Å². The Bertz CT molecular complexity index is 175. The minimum Gasteiger partial charge on any atom is -0.379 e. The minimum atomic E-state index is 0.598. The summed E-state index contributed by atoms with van der Waals surface area (Å²) in [5.74, 6) is 0. The number of aliphatic imine (C=N–C) groups is 1. The Labute approximate surface area is 67.4 Å². The van der Waals surface area contributed by atoms with E-state index in [9.17, 15) is 0 Å². The van der Waals surface area contributed by atoms with Crippen LogP contribution in [0.15, 0.2) is 16.9 Å². The lowest BCUT2D eigenvalue weighted by atomic mass is 10.4. The Morgan fingerprint density at radius 2 is 2.55 bits per heavy atom. The van der Waals surface area contributed by atoms with Crippen LogP contribution < -0.4 is 0 Å². The van der Waals surface area contributed by atoms with Crippen molar-refractivity contribution in [2.75, 3.05) is 27.3 Å². The van der Waals surface area contributed by atoms with Gasteiger partial charge in [-0.25, -0.2) is 0 Å². The van der Waals surface area contributed by atoms with Crippen molar-refractivity contribution < 1.29 is 4.74 Å². The van der Waals surface area contributed by atoms with Gasteiger partial charge in [0.05, 0.1) is 12.3 Å². The molecule has 0 saturated carbocycles. The molecule has 0 N–H and O–H groups in total. The molecule has 0 spiro atoms. The van der Waals surface area contributed by atoms with E-state index in [1.807, 2.05) is 19.5 Å². The van der Waals surface area contributed by atoms with Gasteiger partial charge in [-0.15, -0.1) is 0 Å². The third-order valence-electron chi connectivity index (χ3n) is 1.53. The van der Waals surface area contributed by atoms with Crippen LogP contribution in [0.4, 0.5) is 0 Å². The molecule has 11 heavy (non-hydrogen) atoms. The maximum Gasteiger partial charge on any atom is 0.0898 e. The molecule has 0 amide bonds. The smallest absolute Gasteiger partial charge is 0.0898 e. The third-order valence-corrected chi connectivity index (χ3v) is 1.53. The monoisotopic (exact) mass is 154 g/mol. The van der Waals surface area contributed by atoms with Crippen molar-refractivity contribution in [2.24, 2.45) is 4.99 Å². The molecule has 3 nitrogen and oxygen atoms in total. The van der Waals surface area contributed by atoms with E-state index in [1.165, 1.54) is 0 Å². The van der Waals surface area contributed by atoms with Gasteiger partial charge in [0.1, 0.15) is 0 Å². The van der Waals surface area contributed by atoms with Crippen molar-refractivity contribution in [3.63, 3.8) is 0 Å². The van der Waals surface area contributed by atoms with Crippen LogP contribution in [0.3, 0.4) is 0 Å². The molecule has 1 aliphatic rings. The molecule has 1 aliphatic heterocycles. The average molecular weight is 154 g/mol. The van der Waals surface area contributed by atoms with Gasteiger partial charge in [-0.3, -0.25) is 4.99 Å². The van der Waals surface area contributed by atoms with E-state index in [0.717, 1.165) is 18.7 Å². The zero-order chi connectivity index (χ0) is 8.10. The molecule has 1 rings (SSSR count). The van der Waals surface area contributed by atoms with E-state index in [4.69, 9.17) is 4.74 Å². The van der Waals surface area contributed by atoms with Crippen LogP contribution in [0, 0.1) is 0 Å². The summed E-state index contributed by atoms with van der Waals surface area (Å²) in [7, 11) is 3.73. The second-order valence-corrected chi connectivity index (χ2v) is 2.63. The molecule has 0 atom stereocenters. The SMILES string of the molecule is COCC1=CN(C)CCC=N1. The standard InChI is InChI=1S/C8H14N2O/c1-10-5-3-4-9-8(6-10)7-11-2/h4,6H,3,5,7H2,1-2H3. The summed E-state index contributed by atoms with van der Waals surface area (Å²) in [6.07, 6.45) is 4.97. The summed E-state index contributed by atoms with van der Waals surface area (Å²) in [6.45, 7) is 1.64. The first-order valence-corrected chi connectivity index (χ1v) is 3.75. The first-order chi connectivity index (χ1) is 5.33. The Kier molecular flexibility index (Phi) is 3.11.